The van der Waals surface area contributed by atoms with Crippen molar-refractivity contribution in [2.24, 2.45) is 0 Å². The lowest BCUT2D eigenvalue weighted by Crippen LogP contribution is -2.53. The molecule has 14 heteroatoms. The van der Waals surface area contributed by atoms with Crippen LogP contribution < -0.4 is 14.4 Å². The van der Waals surface area contributed by atoms with Crippen LogP contribution in [-0.2, 0) is 32.6 Å². The summed E-state index contributed by atoms with van der Waals surface area (Å²) in [5, 5.41) is 14.8. The number of nitro benzene ring substituents is 1. The minimum absolute atomic E-state index is 0.0358. The van der Waals surface area contributed by atoms with E-state index in [9.17, 15) is 28.1 Å². The smallest absolute Gasteiger partial charge is 0.273 e. The number of hydrogen-bond acceptors (Lipinski definition) is 7. The molecule has 0 aliphatic rings. The van der Waals surface area contributed by atoms with E-state index in [1.54, 1.807) is 12.1 Å². The van der Waals surface area contributed by atoms with Crippen LogP contribution >= 0.6 is 27.5 Å². The van der Waals surface area contributed by atoms with E-state index in [0.717, 1.165) is 20.4 Å². The lowest BCUT2D eigenvalue weighted by molar-refractivity contribution is -0.385. The Labute approximate surface area is 299 Å². The molecular formula is C35H36BrClN4O7S. The van der Waals surface area contributed by atoms with Gasteiger partial charge in [0.2, 0.25) is 11.8 Å². The van der Waals surface area contributed by atoms with E-state index >= 15 is 0 Å². The number of hydrogen-bond donors (Lipinski definition) is 1. The predicted octanol–water partition coefficient (Wildman–Crippen LogP) is 6.69. The van der Waals surface area contributed by atoms with Gasteiger partial charge in [-0.05, 0) is 60.9 Å². The molecular weight excluding hydrogens is 736 g/mol. The molecule has 0 fully saturated rings. The van der Waals surface area contributed by atoms with Gasteiger partial charge in [0.15, 0.2) is 0 Å². The Kier molecular flexibility index (Phi) is 12.8. The number of nitrogens with zero attached hydrogens (tertiary/aromatic N) is 3. The van der Waals surface area contributed by atoms with Crippen LogP contribution in [0.15, 0.2) is 100 Å². The van der Waals surface area contributed by atoms with E-state index < -0.39 is 49.9 Å². The molecule has 0 saturated carbocycles. The second kappa shape index (κ2) is 16.8. The summed E-state index contributed by atoms with van der Waals surface area (Å²) in [7, 11) is -3.33. The van der Waals surface area contributed by atoms with Crippen LogP contribution in [-0.4, -0.2) is 56.3 Å². The zero-order valence-corrected chi connectivity index (χ0v) is 30.3. The van der Waals surface area contributed by atoms with Crippen LogP contribution in [0.2, 0.25) is 5.02 Å². The first-order chi connectivity index (χ1) is 23.3. The van der Waals surface area contributed by atoms with E-state index in [1.807, 2.05) is 49.4 Å². The van der Waals surface area contributed by atoms with E-state index in [4.69, 9.17) is 16.3 Å². The van der Waals surface area contributed by atoms with Crippen molar-refractivity contribution in [3.05, 3.63) is 127 Å². The van der Waals surface area contributed by atoms with E-state index in [2.05, 4.69) is 21.2 Å². The van der Waals surface area contributed by atoms with Crippen LogP contribution in [0.4, 0.5) is 11.4 Å². The Morgan fingerprint density at radius 3 is 2.37 bits per heavy atom. The molecule has 0 unspecified atom stereocenters. The molecule has 1 atom stereocenters. The van der Waals surface area contributed by atoms with Crippen molar-refractivity contribution in [3.63, 3.8) is 0 Å². The predicted molar refractivity (Wildman–Crippen MR) is 192 cm³/mol. The number of rotatable bonds is 15. The highest BCUT2D eigenvalue weighted by Gasteiger charge is 2.36. The number of halogens is 2. The molecule has 0 aliphatic heterocycles. The molecule has 0 spiro atoms. The van der Waals surface area contributed by atoms with Crippen LogP contribution in [0.3, 0.4) is 0 Å². The number of benzene rings is 4. The van der Waals surface area contributed by atoms with Crippen LogP contribution in [0.1, 0.15) is 30.0 Å². The number of aryl methyl sites for hydroxylation is 1. The van der Waals surface area contributed by atoms with Crippen molar-refractivity contribution in [2.75, 3.05) is 24.5 Å². The number of anilines is 1. The summed E-state index contributed by atoms with van der Waals surface area (Å²) in [6.07, 6.45) is 0.806. The molecule has 4 aromatic carbocycles. The third-order valence-corrected chi connectivity index (χ3v) is 10.2. The van der Waals surface area contributed by atoms with Gasteiger partial charge < -0.3 is 15.0 Å². The van der Waals surface area contributed by atoms with Gasteiger partial charge in [0, 0.05) is 40.6 Å². The molecule has 0 heterocycles. The second-order valence-corrected chi connectivity index (χ2v) is 14.4. The van der Waals surface area contributed by atoms with Crippen LogP contribution in [0.25, 0.3) is 0 Å². The molecule has 11 nitrogen and oxygen atoms in total. The molecule has 4 rings (SSSR count). The summed E-state index contributed by atoms with van der Waals surface area (Å²) in [6, 6.07) is 23.2. The number of nitro groups is 1. The molecule has 1 N–H and O–H groups in total. The summed E-state index contributed by atoms with van der Waals surface area (Å²) in [5.41, 5.74) is 1.27. The Hall–Kier alpha value is -4.46. The summed E-state index contributed by atoms with van der Waals surface area (Å²) in [5.74, 6) is -1.03. The highest BCUT2D eigenvalue weighted by Crippen LogP contribution is 2.36. The Bertz CT molecular complexity index is 1930. The standard InChI is InChI=1S/C35H36BrClN4O7S/c1-4-17-38-35(43)32(19-25-9-6-5-7-10-25)39(22-26-11-8-12-27(36)18-26)34(42)23-40(31-20-28(37)14-16-33(31)48-3)49(46,47)29-15-13-24(2)30(21-29)41(44)45/h5-16,18,20-21,32H,4,17,19,22-23H2,1-3H3,(H,38,43)/t32-/m1/s1. The van der Waals surface area contributed by atoms with Crippen molar-refractivity contribution in [3.8, 4) is 5.75 Å². The molecule has 0 bridgehead atoms. The first-order valence-electron chi connectivity index (χ1n) is 15.3. The second-order valence-electron chi connectivity index (χ2n) is 11.2. The molecule has 0 radical (unpaired) electrons. The molecule has 2 amide bonds. The Balaban J connectivity index is 1.89. The number of amides is 2. The number of methoxy groups -OCH3 is 1. The monoisotopic (exact) mass is 770 g/mol. The van der Waals surface area contributed by atoms with Gasteiger partial charge in [-0.1, -0.05) is 83.0 Å². The van der Waals surface area contributed by atoms with Crippen molar-refractivity contribution in [2.45, 2.75) is 44.2 Å². The highest BCUT2D eigenvalue weighted by molar-refractivity contribution is 9.10. The first kappa shape index (κ1) is 37.4. The minimum Gasteiger partial charge on any atom is -0.495 e. The first-order valence-corrected chi connectivity index (χ1v) is 17.9. The normalized spacial score (nSPS) is 11.8. The SMILES string of the molecule is CCCNC(=O)[C@@H](Cc1ccccc1)N(Cc1cccc(Br)c1)C(=O)CN(c1cc(Cl)ccc1OC)S(=O)(=O)c1ccc(C)c([N+](=O)[O-])c1. The summed E-state index contributed by atoms with van der Waals surface area (Å²) < 4.78 is 35.9. The van der Waals surface area contributed by atoms with Crippen molar-refractivity contribution < 1.29 is 27.7 Å². The van der Waals surface area contributed by atoms with Gasteiger partial charge >= 0.3 is 0 Å². The van der Waals surface area contributed by atoms with E-state index in [0.29, 0.717) is 18.5 Å². The van der Waals surface area contributed by atoms with Gasteiger partial charge in [-0.3, -0.25) is 24.0 Å². The van der Waals surface area contributed by atoms with Gasteiger partial charge in [-0.2, -0.15) is 0 Å². The highest BCUT2D eigenvalue weighted by atomic mass is 79.9. The summed E-state index contributed by atoms with van der Waals surface area (Å²) in [4.78, 5) is 40.5. The van der Waals surface area contributed by atoms with Gasteiger partial charge in [-0.15, -0.1) is 0 Å². The molecule has 0 aromatic heterocycles. The maximum Gasteiger partial charge on any atom is 0.273 e. The lowest BCUT2D eigenvalue weighted by atomic mass is 10.0. The number of ether oxygens (including phenoxy) is 1. The van der Waals surface area contributed by atoms with Crippen LogP contribution in [0, 0.1) is 17.0 Å². The Morgan fingerprint density at radius 1 is 1.00 bits per heavy atom. The largest absolute Gasteiger partial charge is 0.495 e. The summed E-state index contributed by atoms with van der Waals surface area (Å²) in [6.45, 7) is 2.95. The fourth-order valence-electron chi connectivity index (χ4n) is 5.20. The fraction of sp³-hybridized carbons (Fsp3) is 0.257. The molecule has 0 aliphatic carbocycles. The fourth-order valence-corrected chi connectivity index (χ4v) is 7.25. The number of carbonyl (C=O) groups is 2. The minimum atomic E-state index is -4.67. The maximum atomic E-state index is 14.7. The number of carbonyl (C=O) groups excluding carboxylic acids is 2. The van der Waals surface area contributed by atoms with Crippen molar-refractivity contribution >= 4 is 60.7 Å². The maximum absolute atomic E-state index is 14.7. The third-order valence-electron chi connectivity index (χ3n) is 7.72. The third kappa shape index (κ3) is 9.37. The van der Waals surface area contributed by atoms with Crippen molar-refractivity contribution in [1.29, 1.82) is 0 Å². The topological polar surface area (TPSA) is 139 Å². The zero-order valence-electron chi connectivity index (χ0n) is 27.1. The summed E-state index contributed by atoms with van der Waals surface area (Å²) >= 11 is 9.80. The zero-order chi connectivity index (χ0) is 35.7. The van der Waals surface area contributed by atoms with Crippen molar-refractivity contribution in [1.82, 2.24) is 10.2 Å². The molecule has 4 aromatic rings. The van der Waals surface area contributed by atoms with Gasteiger partial charge in [0.05, 0.1) is 22.6 Å². The van der Waals surface area contributed by atoms with Gasteiger partial charge in [-0.25, -0.2) is 8.42 Å². The van der Waals surface area contributed by atoms with Gasteiger partial charge in [0.1, 0.15) is 18.3 Å². The van der Waals surface area contributed by atoms with Crippen LogP contribution in [0.5, 0.6) is 5.75 Å². The molecule has 49 heavy (non-hydrogen) atoms. The van der Waals surface area contributed by atoms with E-state index in [-0.39, 0.29) is 35.0 Å². The quantitative estimate of drug-likeness (QED) is 0.105. The number of nitrogens with one attached hydrogen (secondary N) is 1. The average Bonchev–Trinajstić information content (AvgIpc) is 3.07. The number of sulfonamides is 1. The lowest BCUT2D eigenvalue weighted by Gasteiger charge is -2.34. The van der Waals surface area contributed by atoms with E-state index in [1.165, 1.54) is 49.3 Å². The molecule has 0 saturated heterocycles. The average molecular weight is 772 g/mol. The Morgan fingerprint density at radius 2 is 1.71 bits per heavy atom. The molecule has 258 valence electrons. The van der Waals surface area contributed by atoms with Gasteiger partial charge in [0.25, 0.3) is 15.7 Å².